The quantitative estimate of drug-likeness (QED) is 0.234. The molecule has 1 aliphatic carbocycles. The van der Waals surface area contributed by atoms with Crippen LogP contribution in [0.2, 0.25) is 18.1 Å². The first-order valence-corrected chi connectivity index (χ1v) is 15.5. The summed E-state index contributed by atoms with van der Waals surface area (Å²) in [6.07, 6.45) is 0.745. The second-order valence-electron chi connectivity index (χ2n) is 11.3. The van der Waals surface area contributed by atoms with E-state index in [2.05, 4.69) is 33.9 Å². The number of hydrogen-bond acceptors (Lipinski definition) is 7. The van der Waals surface area contributed by atoms with Crippen LogP contribution in [0.3, 0.4) is 0 Å². The van der Waals surface area contributed by atoms with E-state index in [1.54, 1.807) is 24.3 Å². The lowest BCUT2D eigenvalue weighted by Gasteiger charge is -2.53. The van der Waals surface area contributed by atoms with Crippen molar-refractivity contribution < 1.29 is 33.1 Å². The van der Waals surface area contributed by atoms with Crippen LogP contribution in [0.5, 0.6) is 0 Å². The summed E-state index contributed by atoms with van der Waals surface area (Å²) in [5.41, 5.74) is 0.727. The predicted molar refractivity (Wildman–Crippen MR) is 136 cm³/mol. The summed E-state index contributed by atoms with van der Waals surface area (Å²) in [5.74, 6) is -4.09. The van der Waals surface area contributed by atoms with Crippen molar-refractivity contribution in [3.05, 3.63) is 35.9 Å². The Morgan fingerprint density at radius 2 is 1.75 bits per heavy atom. The monoisotopic (exact) mass is 517 g/mol. The molecule has 198 valence electrons. The van der Waals surface area contributed by atoms with Crippen molar-refractivity contribution >= 4 is 31.9 Å². The Bertz CT molecular complexity index is 988. The predicted octanol–water partition coefficient (Wildman–Crippen LogP) is 3.88. The Morgan fingerprint density at radius 1 is 1.11 bits per heavy atom. The molecule has 2 aliphatic rings. The first kappa shape index (κ1) is 28.2. The van der Waals surface area contributed by atoms with E-state index in [1.807, 2.05) is 13.0 Å². The molecule has 1 heterocycles. The summed E-state index contributed by atoms with van der Waals surface area (Å²) >= 11 is 0. The zero-order valence-corrected chi connectivity index (χ0v) is 23.4. The molecule has 0 bridgehead atoms. The fourth-order valence-corrected chi connectivity index (χ4v) is 6.32. The number of methoxy groups -OCH3 is 1. The molecule has 3 rings (SSSR count). The van der Waals surface area contributed by atoms with Crippen LogP contribution in [-0.4, -0.2) is 62.1 Å². The first-order chi connectivity index (χ1) is 16.8. The number of carbonyl (C=O) groups excluding carboxylic acids is 4. The molecule has 8 nitrogen and oxygen atoms in total. The van der Waals surface area contributed by atoms with Gasteiger partial charge < -0.3 is 13.9 Å². The molecule has 2 fully saturated rings. The lowest BCUT2D eigenvalue weighted by molar-refractivity contribution is -0.185. The Balaban J connectivity index is 1.84. The van der Waals surface area contributed by atoms with Crippen LogP contribution in [0.4, 0.5) is 0 Å². The fraction of sp³-hybridized carbons (Fsp3) is 0.630. The second kappa shape index (κ2) is 10.9. The average Bonchev–Trinajstić information content (AvgIpc) is 2.81. The third-order valence-electron chi connectivity index (χ3n) is 7.95. The molecule has 0 unspecified atom stereocenters. The van der Waals surface area contributed by atoms with Gasteiger partial charge in [0.15, 0.2) is 14.1 Å². The van der Waals surface area contributed by atoms with Gasteiger partial charge in [0, 0.05) is 13.0 Å². The lowest BCUT2D eigenvalue weighted by atomic mass is 9.69. The molecule has 9 heteroatoms. The zero-order valence-electron chi connectivity index (χ0n) is 22.4. The minimum Gasteiger partial charge on any atom is -0.454 e. The van der Waals surface area contributed by atoms with Gasteiger partial charge in [0.05, 0.1) is 18.1 Å². The number of amides is 2. The average molecular weight is 518 g/mol. The van der Waals surface area contributed by atoms with Crippen molar-refractivity contribution in [2.24, 2.45) is 11.8 Å². The van der Waals surface area contributed by atoms with E-state index >= 15 is 0 Å². The minimum atomic E-state index is -2.24. The van der Waals surface area contributed by atoms with Crippen molar-refractivity contribution in [2.45, 2.75) is 89.9 Å². The van der Waals surface area contributed by atoms with Gasteiger partial charge in [-0.05, 0) is 49.9 Å². The van der Waals surface area contributed by atoms with Gasteiger partial charge in [-0.15, -0.1) is 0 Å². The minimum absolute atomic E-state index is 0.0812. The lowest BCUT2D eigenvalue weighted by Crippen LogP contribution is -2.72. The van der Waals surface area contributed by atoms with E-state index in [-0.39, 0.29) is 17.4 Å². The number of rotatable bonds is 7. The number of ether oxygens (including phenoxy) is 2. The van der Waals surface area contributed by atoms with Crippen molar-refractivity contribution in [3.63, 3.8) is 0 Å². The summed E-state index contributed by atoms with van der Waals surface area (Å²) in [6.45, 7) is 12.3. The third kappa shape index (κ3) is 5.63. The normalized spacial score (nSPS) is 25.8. The molecular weight excluding hydrogens is 478 g/mol. The van der Waals surface area contributed by atoms with Crippen molar-refractivity contribution in [2.75, 3.05) is 7.11 Å². The number of β-lactam (4-membered cyclic amide) rings is 1. The van der Waals surface area contributed by atoms with E-state index in [9.17, 15) is 19.2 Å². The van der Waals surface area contributed by atoms with Crippen molar-refractivity contribution in [1.82, 2.24) is 4.90 Å². The summed E-state index contributed by atoms with van der Waals surface area (Å²) in [6, 6.07) is 8.22. The molecule has 2 amide bonds. The number of Topliss-reactive ketones (excluding diaryl/α,β-unsaturated/α-hetero) is 1. The standard InChI is InChI=1S/C27H39NO7Si/c1-17(35-36(6,7)27(2,3)4)21-22(19-14-11-15-20(33-5)23(19)29)28(24(21)30)25(31)26(32)34-16-18-12-9-8-10-13-18/h8-10,12-13,17,19-22H,11,14-16H2,1-7H3/t17-,19-,20+,21-,22-/m1/s1. The topological polar surface area (TPSA) is 99.2 Å². The Hall–Kier alpha value is -2.36. The number of likely N-dealkylation sites (tertiary alicyclic amines) is 1. The number of nitrogens with zero attached hydrogens (tertiary/aromatic N) is 1. The first-order valence-electron chi connectivity index (χ1n) is 12.6. The highest BCUT2D eigenvalue weighted by Crippen LogP contribution is 2.44. The molecule has 36 heavy (non-hydrogen) atoms. The third-order valence-corrected chi connectivity index (χ3v) is 12.5. The fourth-order valence-electron chi connectivity index (χ4n) is 4.89. The second-order valence-corrected chi connectivity index (χ2v) is 16.1. The Kier molecular flexibility index (Phi) is 8.58. The number of carbonyl (C=O) groups is 4. The van der Waals surface area contributed by atoms with E-state index in [0.717, 1.165) is 16.9 Å². The molecule has 0 N–H and O–H groups in total. The van der Waals surface area contributed by atoms with Gasteiger partial charge in [0.25, 0.3) is 0 Å². The van der Waals surface area contributed by atoms with E-state index in [4.69, 9.17) is 13.9 Å². The molecule has 1 saturated carbocycles. The van der Waals surface area contributed by atoms with Crippen LogP contribution >= 0.6 is 0 Å². The summed E-state index contributed by atoms with van der Waals surface area (Å²) in [5, 5.41) is -0.0812. The van der Waals surface area contributed by atoms with Gasteiger partial charge in [0.1, 0.15) is 12.7 Å². The maximum atomic E-state index is 13.4. The van der Waals surface area contributed by atoms with E-state index < -0.39 is 56.2 Å². The molecule has 0 aromatic heterocycles. The number of esters is 1. The van der Waals surface area contributed by atoms with Gasteiger partial charge in [-0.2, -0.15) is 0 Å². The molecule has 5 atom stereocenters. The van der Waals surface area contributed by atoms with Gasteiger partial charge in [-0.25, -0.2) is 4.79 Å². The van der Waals surface area contributed by atoms with Crippen LogP contribution < -0.4 is 0 Å². The summed E-state index contributed by atoms with van der Waals surface area (Å²) < 4.78 is 17.1. The zero-order chi connectivity index (χ0) is 26.8. The summed E-state index contributed by atoms with van der Waals surface area (Å²) in [7, 11) is -0.750. The highest BCUT2D eigenvalue weighted by Gasteiger charge is 2.60. The molecule has 1 aromatic rings. The molecule has 0 radical (unpaired) electrons. The van der Waals surface area contributed by atoms with Crippen molar-refractivity contribution in [3.8, 4) is 0 Å². The number of benzene rings is 1. The van der Waals surface area contributed by atoms with E-state index in [1.165, 1.54) is 7.11 Å². The van der Waals surface area contributed by atoms with Gasteiger partial charge in [0.2, 0.25) is 5.91 Å². The van der Waals surface area contributed by atoms with Gasteiger partial charge in [-0.3, -0.25) is 19.3 Å². The van der Waals surface area contributed by atoms with Crippen LogP contribution in [0.25, 0.3) is 0 Å². The van der Waals surface area contributed by atoms with Gasteiger partial charge in [-0.1, -0.05) is 51.1 Å². The number of hydrogen-bond donors (Lipinski definition) is 0. The molecule has 0 spiro atoms. The Labute approximate surface area is 214 Å². The number of ketones is 1. The molecule has 1 aromatic carbocycles. The summed E-state index contributed by atoms with van der Waals surface area (Å²) in [4.78, 5) is 53.3. The van der Waals surface area contributed by atoms with Crippen LogP contribution in [0.1, 0.15) is 52.5 Å². The SMILES string of the molecule is CO[C@H]1CCC[C@H]([C@@H]2[C@@H]([C@@H](C)O[Si](C)(C)C(C)(C)C)C(=O)N2C(=O)C(=O)OCc2ccccc2)C1=O. The van der Waals surface area contributed by atoms with Gasteiger partial charge >= 0.3 is 11.9 Å². The molecule has 1 aliphatic heterocycles. The maximum absolute atomic E-state index is 13.4. The number of imide groups is 1. The maximum Gasteiger partial charge on any atom is 0.397 e. The highest BCUT2D eigenvalue weighted by atomic mass is 28.4. The highest BCUT2D eigenvalue weighted by molar-refractivity contribution is 6.74. The van der Waals surface area contributed by atoms with Crippen LogP contribution in [0, 0.1) is 11.8 Å². The van der Waals surface area contributed by atoms with Crippen LogP contribution in [-0.2, 0) is 39.7 Å². The van der Waals surface area contributed by atoms with Crippen molar-refractivity contribution in [1.29, 1.82) is 0 Å². The molecular formula is C27H39NO7Si. The smallest absolute Gasteiger partial charge is 0.397 e. The van der Waals surface area contributed by atoms with Crippen LogP contribution in [0.15, 0.2) is 30.3 Å². The largest absolute Gasteiger partial charge is 0.454 e. The van der Waals surface area contributed by atoms with E-state index in [0.29, 0.717) is 12.8 Å². The Morgan fingerprint density at radius 3 is 2.33 bits per heavy atom. The molecule has 1 saturated heterocycles.